The van der Waals surface area contributed by atoms with Crippen molar-refractivity contribution in [2.45, 2.75) is 44.4 Å². The van der Waals surface area contributed by atoms with Crippen LogP contribution in [0.2, 0.25) is 0 Å². The Kier molecular flexibility index (Phi) is 9.33. The molecule has 0 aliphatic heterocycles. The van der Waals surface area contributed by atoms with E-state index in [1.54, 1.807) is 0 Å². The quantitative estimate of drug-likeness (QED) is 0.345. The Labute approximate surface area is 186 Å². The van der Waals surface area contributed by atoms with E-state index in [0.717, 1.165) is 38.8 Å². The summed E-state index contributed by atoms with van der Waals surface area (Å²) in [6, 6.07) is 30.1. The van der Waals surface area contributed by atoms with Gasteiger partial charge in [0.25, 0.3) is 0 Å². The standard InChI is InChI=1S/C28H33NO2/c30-28(31)18-8-12-23-10-7-11-24(22-23)13-9-20-29-21-19-27(25-14-3-1-4-15-25)26-16-5-2-6-17-26/h1-7,10-11,14-17,22,27,29H,8-9,12-13,18-21H2,(H,30,31). The fraction of sp³-hybridized carbons (Fsp3) is 0.321. The van der Waals surface area contributed by atoms with E-state index in [1.165, 1.54) is 22.3 Å². The molecule has 0 saturated heterocycles. The lowest BCUT2D eigenvalue weighted by atomic mass is 9.88. The molecule has 3 aromatic rings. The molecule has 0 radical (unpaired) electrons. The molecule has 0 fully saturated rings. The van der Waals surface area contributed by atoms with E-state index < -0.39 is 5.97 Å². The van der Waals surface area contributed by atoms with Crippen molar-refractivity contribution < 1.29 is 9.90 Å². The predicted molar refractivity (Wildman–Crippen MR) is 128 cm³/mol. The second-order valence-corrected chi connectivity index (χ2v) is 8.08. The number of carbonyl (C=O) groups is 1. The van der Waals surface area contributed by atoms with Crippen molar-refractivity contribution in [2.75, 3.05) is 13.1 Å². The molecule has 0 spiro atoms. The van der Waals surface area contributed by atoms with Gasteiger partial charge in [-0.3, -0.25) is 4.79 Å². The predicted octanol–water partition coefficient (Wildman–Crippen LogP) is 5.84. The molecule has 0 bridgehead atoms. The molecule has 0 saturated carbocycles. The van der Waals surface area contributed by atoms with Crippen molar-refractivity contribution in [2.24, 2.45) is 0 Å². The topological polar surface area (TPSA) is 49.3 Å². The zero-order chi connectivity index (χ0) is 21.7. The van der Waals surface area contributed by atoms with Crippen molar-refractivity contribution in [1.82, 2.24) is 5.32 Å². The van der Waals surface area contributed by atoms with Gasteiger partial charge in [-0.25, -0.2) is 0 Å². The summed E-state index contributed by atoms with van der Waals surface area (Å²) in [4.78, 5) is 10.7. The third-order valence-corrected chi connectivity index (χ3v) is 5.68. The fourth-order valence-corrected chi connectivity index (χ4v) is 4.07. The van der Waals surface area contributed by atoms with Crippen molar-refractivity contribution in [3.8, 4) is 0 Å². The van der Waals surface area contributed by atoms with E-state index >= 15 is 0 Å². The lowest BCUT2D eigenvalue weighted by Crippen LogP contribution is -2.19. The van der Waals surface area contributed by atoms with Gasteiger partial charge in [-0.2, -0.15) is 0 Å². The van der Waals surface area contributed by atoms with Crippen LogP contribution in [0.15, 0.2) is 84.9 Å². The molecule has 162 valence electrons. The minimum Gasteiger partial charge on any atom is -0.481 e. The average Bonchev–Trinajstić information content (AvgIpc) is 2.80. The number of benzene rings is 3. The highest BCUT2D eigenvalue weighted by molar-refractivity contribution is 5.66. The summed E-state index contributed by atoms with van der Waals surface area (Å²) < 4.78 is 0. The Morgan fingerprint density at radius 2 is 1.32 bits per heavy atom. The zero-order valence-electron chi connectivity index (χ0n) is 18.2. The first kappa shape index (κ1) is 22.8. The van der Waals surface area contributed by atoms with Gasteiger partial charge in [-0.1, -0.05) is 84.9 Å². The van der Waals surface area contributed by atoms with E-state index in [0.29, 0.717) is 12.3 Å². The van der Waals surface area contributed by atoms with Crippen molar-refractivity contribution in [3.63, 3.8) is 0 Å². The Balaban J connectivity index is 1.41. The molecule has 31 heavy (non-hydrogen) atoms. The molecule has 0 aliphatic rings. The number of nitrogens with one attached hydrogen (secondary N) is 1. The number of hydrogen-bond acceptors (Lipinski definition) is 2. The van der Waals surface area contributed by atoms with E-state index in [-0.39, 0.29) is 6.42 Å². The molecule has 3 aromatic carbocycles. The molecule has 0 amide bonds. The van der Waals surface area contributed by atoms with Crippen LogP contribution in [0.1, 0.15) is 53.9 Å². The number of rotatable bonds is 13. The van der Waals surface area contributed by atoms with Gasteiger partial charge in [0.15, 0.2) is 0 Å². The van der Waals surface area contributed by atoms with Gasteiger partial charge in [0.2, 0.25) is 0 Å². The lowest BCUT2D eigenvalue weighted by Gasteiger charge is -2.18. The monoisotopic (exact) mass is 415 g/mol. The number of carboxylic acids is 1. The molecule has 0 aromatic heterocycles. The maximum absolute atomic E-state index is 10.7. The first-order chi connectivity index (χ1) is 15.2. The average molecular weight is 416 g/mol. The maximum atomic E-state index is 10.7. The Hall–Kier alpha value is -2.91. The highest BCUT2D eigenvalue weighted by atomic mass is 16.4. The zero-order valence-corrected chi connectivity index (χ0v) is 18.2. The van der Waals surface area contributed by atoms with Crippen LogP contribution < -0.4 is 5.32 Å². The minimum absolute atomic E-state index is 0.237. The number of aryl methyl sites for hydroxylation is 2. The second kappa shape index (κ2) is 12.7. The van der Waals surface area contributed by atoms with Crippen LogP contribution in [-0.4, -0.2) is 24.2 Å². The summed E-state index contributed by atoms with van der Waals surface area (Å²) in [5.74, 6) is -0.304. The van der Waals surface area contributed by atoms with Gasteiger partial charge in [0.1, 0.15) is 0 Å². The number of carboxylic acid groups (broad SMARTS) is 1. The molecule has 3 rings (SSSR count). The van der Waals surface area contributed by atoms with Gasteiger partial charge in [-0.05, 0) is 67.4 Å². The highest BCUT2D eigenvalue weighted by Gasteiger charge is 2.13. The van der Waals surface area contributed by atoms with Crippen LogP contribution >= 0.6 is 0 Å². The highest BCUT2D eigenvalue weighted by Crippen LogP contribution is 2.27. The number of aliphatic carboxylic acids is 1. The van der Waals surface area contributed by atoms with E-state index in [1.807, 2.05) is 0 Å². The van der Waals surface area contributed by atoms with Gasteiger partial charge >= 0.3 is 5.97 Å². The largest absolute Gasteiger partial charge is 0.481 e. The molecule has 2 N–H and O–H groups in total. The van der Waals surface area contributed by atoms with Crippen molar-refractivity contribution in [1.29, 1.82) is 0 Å². The molecule has 3 heteroatoms. The summed E-state index contributed by atoms with van der Waals surface area (Å²) >= 11 is 0. The Morgan fingerprint density at radius 3 is 1.90 bits per heavy atom. The van der Waals surface area contributed by atoms with E-state index in [9.17, 15) is 4.79 Å². The normalized spacial score (nSPS) is 11.0. The van der Waals surface area contributed by atoms with E-state index in [2.05, 4.69) is 90.2 Å². The van der Waals surface area contributed by atoms with Gasteiger partial charge < -0.3 is 10.4 Å². The minimum atomic E-state index is -0.719. The SMILES string of the molecule is O=C(O)CCCc1cccc(CCCNCCC(c2ccccc2)c2ccccc2)c1. The fourth-order valence-electron chi connectivity index (χ4n) is 4.07. The molecule has 0 aliphatic carbocycles. The van der Waals surface area contributed by atoms with Gasteiger partial charge in [0.05, 0.1) is 0 Å². The van der Waals surface area contributed by atoms with Crippen LogP contribution in [0, 0.1) is 0 Å². The third-order valence-electron chi connectivity index (χ3n) is 5.68. The Bertz CT molecular complexity index is 869. The summed E-state index contributed by atoms with van der Waals surface area (Å²) in [7, 11) is 0. The number of hydrogen-bond donors (Lipinski definition) is 2. The smallest absolute Gasteiger partial charge is 0.303 e. The summed E-state index contributed by atoms with van der Waals surface area (Å²) in [5, 5.41) is 12.4. The maximum Gasteiger partial charge on any atom is 0.303 e. The van der Waals surface area contributed by atoms with Crippen LogP contribution in [0.4, 0.5) is 0 Å². The van der Waals surface area contributed by atoms with Gasteiger partial charge in [0, 0.05) is 12.3 Å². The van der Waals surface area contributed by atoms with Crippen LogP contribution in [0.5, 0.6) is 0 Å². The Morgan fingerprint density at radius 1 is 0.742 bits per heavy atom. The molecule has 0 unspecified atom stereocenters. The summed E-state index contributed by atoms with van der Waals surface area (Å²) in [5.41, 5.74) is 5.31. The molecular weight excluding hydrogens is 382 g/mol. The first-order valence-corrected chi connectivity index (χ1v) is 11.3. The summed E-state index contributed by atoms with van der Waals surface area (Å²) in [6.07, 6.45) is 4.98. The van der Waals surface area contributed by atoms with Crippen molar-refractivity contribution >= 4 is 5.97 Å². The molecule has 0 atom stereocenters. The van der Waals surface area contributed by atoms with Crippen molar-refractivity contribution in [3.05, 3.63) is 107 Å². The van der Waals surface area contributed by atoms with Gasteiger partial charge in [-0.15, -0.1) is 0 Å². The third kappa shape index (κ3) is 8.03. The van der Waals surface area contributed by atoms with E-state index in [4.69, 9.17) is 5.11 Å². The molecule has 3 nitrogen and oxygen atoms in total. The van der Waals surface area contributed by atoms with Crippen LogP contribution in [0.3, 0.4) is 0 Å². The molecule has 0 heterocycles. The molecular formula is C28H33NO2. The summed E-state index contributed by atoms with van der Waals surface area (Å²) in [6.45, 7) is 1.99. The second-order valence-electron chi connectivity index (χ2n) is 8.08. The van der Waals surface area contributed by atoms with Crippen LogP contribution in [0.25, 0.3) is 0 Å². The van der Waals surface area contributed by atoms with Crippen LogP contribution in [-0.2, 0) is 17.6 Å². The first-order valence-electron chi connectivity index (χ1n) is 11.3. The lowest BCUT2D eigenvalue weighted by molar-refractivity contribution is -0.137.